The number of rotatable bonds is 6. The Kier molecular flexibility index (Phi) is 5.37. The summed E-state index contributed by atoms with van der Waals surface area (Å²) in [6.07, 6.45) is 2.90. The lowest BCUT2D eigenvalue weighted by atomic mass is 9.99. The molecule has 29 heavy (non-hydrogen) atoms. The Morgan fingerprint density at radius 1 is 1.07 bits per heavy atom. The van der Waals surface area contributed by atoms with Crippen LogP contribution in [0.4, 0.5) is 0 Å². The molecule has 4 heteroatoms. The van der Waals surface area contributed by atoms with Crippen LogP contribution in [-0.2, 0) is 6.42 Å². The summed E-state index contributed by atoms with van der Waals surface area (Å²) in [6.45, 7) is 4.94. The highest BCUT2D eigenvalue weighted by Gasteiger charge is 2.07. The van der Waals surface area contributed by atoms with Gasteiger partial charge in [0.2, 0.25) is 0 Å². The number of nitrogens with one attached hydrogen (secondary N) is 2. The zero-order valence-electron chi connectivity index (χ0n) is 15.9. The Labute approximate surface area is 175 Å². The van der Waals surface area contributed by atoms with Crippen molar-refractivity contribution in [2.45, 2.75) is 6.42 Å². The summed E-state index contributed by atoms with van der Waals surface area (Å²) in [5.74, 6) is 0. The van der Waals surface area contributed by atoms with Gasteiger partial charge in [-0.1, -0.05) is 60.6 Å². The van der Waals surface area contributed by atoms with Gasteiger partial charge >= 0.3 is 0 Å². The monoisotopic (exact) mass is 397 g/mol. The van der Waals surface area contributed by atoms with E-state index in [1.54, 1.807) is 0 Å². The zero-order chi connectivity index (χ0) is 20.2. The molecule has 1 aromatic heterocycles. The molecule has 142 valence electrons. The summed E-state index contributed by atoms with van der Waals surface area (Å²) in [4.78, 5) is 3.28. The average molecular weight is 398 g/mol. The summed E-state index contributed by atoms with van der Waals surface area (Å²) in [5, 5.41) is 14.6. The fourth-order valence-corrected chi connectivity index (χ4v) is 3.66. The molecule has 0 saturated carbocycles. The third-order valence-corrected chi connectivity index (χ3v) is 5.29. The predicted octanol–water partition coefficient (Wildman–Crippen LogP) is 6.16. The van der Waals surface area contributed by atoms with Crippen molar-refractivity contribution in [3.05, 3.63) is 101 Å². The zero-order valence-corrected chi connectivity index (χ0v) is 16.6. The van der Waals surface area contributed by atoms with E-state index in [1.165, 1.54) is 5.56 Å². The highest BCUT2D eigenvalue weighted by molar-refractivity contribution is 6.31. The Balaban J connectivity index is 1.41. The number of H-pyrrole nitrogens is 1. The van der Waals surface area contributed by atoms with Gasteiger partial charge in [-0.05, 0) is 52.9 Å². The first-order valence-corrected chi connectivity index (χ1v) is 9.82. The van der Waals surface area contributed by atoms with Gasteiger partial charge in [0.25, 0.3) is 0 Å². The maximum absolute atomic E-state index is 9.30. The molecule has 0 bridgehead atoms. The van der Waals surface area contributed by atoms with Gasteiger partial charge in [-0.15, -0.1) is 0 Å². The van der Waals surface area contributed by atoms with Crippen LogP contribution in [0.25, 0.3) is 27.7 Å². The molecular weight excluding hydrogens is 378 g/mol. The first kappa shape index (κ1) is 18.9. The van der Waals surface area contributed by atoms with Crippen LogP contribution in [0.15, 0.2) is 79.5 Å². The average Bonchev–Trinajstić information content (AvgIpc) is 3.15. The van der Waals surface area contributed by atoms with Gasteiger partial charge in [-0.3, -0.25) is 0 Å². The molecule has 3 nitrogen and oxygen atoms in total. The second-order valence-corrected chi connectivity index (χ2v) is 7.33. The second-order valence-electron chi connectivity index (χ2n) is 6.89. The molecule has 0 aliphatic carbocycles. The minimum absolute atomic E-state index is 0.677. The lowest BCUT2D eigenvalue weighted by Gasteiger charge is -2.11. The topological polar surface area (TPSA) is 51.6 Å². The van der Waals surface area contributed by atoms with Crippen molar-refractivity contribution in [1.29, 1.82) is 5.26 Å². The highest BCUT2D eigenvalue weighted by Crippen LogP contribution is 2.25. The maximum Gasteiger partial charge on any atom is 0.0998 e. The maximum atomic E-state index is 9.30. The van der Waals surface area contributed by atoms with Gasteiger partial charge in [0.15, 0.2) is 0 Å². The van der Waals surface area contributed by atoms with Gasteiger partial charge in [0.1, 0.15) is 0 Å². The molecular formula is C25H20ClN3. The lowest BCUT2D eigenvalue weighted by molar-refractivity contribution is 0.853. The molecule has 0 aliphatic rings. The first-order chi connectivity index (χ1) is 14.2. The highest BCUT2D eigenvalue weighted by atomic mass is 35.5. The van der Waals surface area contributed by atoms with Crippen LogP contribution >= 0.6 is 11.6 Å². The Bertz CT molecular complexity index is 1210. The van der Waals surface area contributed by atoms with Crippen molar-refractivity contribution in [3.8, 4) is 17.2 Å². The van der Waals surface area contributed by atoms with Gasteiger partial charge in [-0.25, -0.2) is 0 Å². The van der Waals surface area contributed by atoms with E-state index >= 15 is 0 Å². The van der Waals surface area contributed by atoms with E-state index in [0.717, 1.165) is 51.3 Å². The van der Waals surface area contributed by atoms with Crippen LogP contribution in [0.2, 0.25) is 5.02 Å². The predicted molar refractivity (Wildman–Crippen MR) is 121 cm³/mol. The number of halogens is 1. The number of nitrogens with zero attached hydrogens (tertiary/aromatic N) is 1. The molecule has 0 amide bonds. The van der Waals surface area contributed by atoms with Crippen molar-refractivity contribution in [1.82, 2.24) is 10.3 Å². The number of aromatic amines is 1. The smallest absolute Gasteiger partial charge is 0.0998 e. The van der Waals surface area contributed by atoms with Crippen LogP contribution in [0.1, 0.15) is 16.7 Å². The minimum Gasteiger partial charge on any atom is -0.385 e. The van der Waals surface area contributed by atoms with Crippen molar-refractivity contribution in [2.75, 3.05) is 6.54 Å². The fraction of sp³-hybridized carbons (Fsp3) is 0.0800. The Morgan fingerprint density at radius 2 is 1.86 bits per heavy atom. The molecule has 0 radical (unpaired) electrons. The van der Waals surface area contributed by atoms with E-state index in [4.69, 9.17) is 11.6 Å². The standard InChI is InChI=1S/C25H20ClN3/c1-17(28-13-12-21-16-29-25-11-10-22(26)14-24(21)25)18-6-8-19(9-7-18)23-5-3-2-4-20(23)15-27/h2-11,14,16,28-29H,1,12-13H2. The van der Waals surface area contributed by atoms with Crippen LogP contribution in [0.3, 0.4) is 0 Å². The summed E-state index contributed by atoms with van der Waals surface area (Å²) in [6, 6.07) is 23.9. The second kappa shape index (κ2) is 8.26. The third kappa shape index (κ3) is 4.03. The first-order valence-electron chi connectivity index (χ1n) is 9.44. The van der Waals surface area contributed by atoms with E-state index in [2.05, 4.69) is 22.9 Å². The van der Waals surface area contributed by atoms with Crippen molar-refractivity contribution in [3.63, 3.8) is 0 Å². The number of hydrogen-bond donors (Lipinski definition) is 2. The number of nitriles is 1. The quantitative estimate of drug-likeness (QED) is 0.409. The number of benzene rings is 3. The van der Waals surface area contributed by atoms with Crippen molar-refractivity contribution in [2.24, 2.45) is 0 Å². The third-order valence-electron chi connectivity index (χ3n) is 5.05. The van der Waals surface area contributed by atoms with Gasteiger partial charge in [0, 0.05) is 34.4 Å². The van der Waals surface area contributed by atoms with Gasteiger partial charge in [0.05, 0.1) is 11.6 Å². The van der Waals surface area contributed by atoms with E-state index < -0.39 is 0 Å². The molecule has 4 aromatic rings. The molecule has 0 aliphatic heterocycles. The molecule has 0 spiro atoms. The molecule has 3 aromatic carbocycles. The molecule has 0 saturated heterocycles. The minimum atomic E-state index is 0.677. The van der Waals surface area contributed by atoms with Gasteiger partial charge in [-0.2, -0.15) is 5.26 Å². The van der Waals surface area contributed by atoms with E-state index in [-0.39, 0.29) is 0 Å². The summed E-state index contributed by atoms with van der Waals surface area (Å²) < 4.78 is 0. The number of fused-ring (bicyclic) bond motifs is 1. The molecule has 0 unspecified atom stereocenters. The SMILES string of the molecule is C=C(NCCc1c[nH]c2ccc(Cl)cc12)c1ccc(-c2ccccc2C#N)cc1. The lowest BCUT2D eigenvalue weighted by Crippen LogP contribution is -2.14. The molecule has 4 rings (SSSR count). The van der Waals surface area contributed by atoms with Crippen LogP contribution < -0.4 is 5.32 Å². The van der Waals surface area contributed by atoms with Crippen LogP contribution in [0, 0.1) is 11.3 Å². The van der Waals surface area contributed by atoms with Crippen molar-refractivity contribution >= 4 is 28.2 Å². The van der Waals surface area contributed by atoms with Crippen molar-refractivity contribution < 1.29 is 0 Å². The van der Waals surface area contributed by atoms with Crippen LogP contribution in [-0.4, -0.2) is 11.5 Å². The molecule has 2 N–H and O–H groups in total. The fourth-order valence-electron chi connectivity index (χ4n) is 3.49. The van der Waals surface area contributed by atoms with Crippen LogP contribution in [0.5, 0.6) is 0 Å². The largest absolute Gasteiger partial charge is 0.385 e. The summed E-state index contributed by atoms with van der Waals surface area (Å²) >= 11 is 6.13. The van der Waals surface area contributed by atoms with Gasteiger partial charge < -0.3 is 10.3 Å². The van der Waals surface area contributed by atoms with E-state index in [9.17, 15) is 5.26 Å². The van der Waals surface area contributed by atoms with E-state index in [1.807, 2.05) is 72.9 Å². The molecule has 1 heterocycles. The summed E-state index contributed by atoms with van der Waals surface area (Å²) in [7, 11) is 0. The normalized spacial score (nSPS) is 10.6. The Hall–Kier alpha value is -3.48. The number of hydrogen-bond acceptors (Lipinski definition) is 2. The van der Waals surface area contributed by atoms with E-state index in [0.29, 0.717) is 5.56 Å². The summed E-state index contributed by atoms with van der Waals surface area (Å²) in [5.41, 5.74) is 6.87. The molecule has 0 fully saturated rings. The Morgan fingerprint density at radius 3 is 2.66 bits per heavy atom. The molecule has 0 atom stereocenters. The number of aromatic nitrogens is 1.